The zero-order valence-electron chi connectivity index (χ0n) is 15.1. The predicted octanol–water partition coefficient (Wildman–Crippen LogP) is 2.96. The lowest BCUT2D eigenvalue weighted by atomic mass is 10.0. The molecule has 2 aliphatic heterocycles. The first kappa shape index (κ1) is 16.3. The summed E-state index contributed by atoms with van der Waals surface area (Å²) in [5.41, 5.74) is 3.24. The molecule has 0 saturated carbocycles. The first-order valence-electron chi connectivity index (χ1n) is 9.42. The Morgan fingerprint density at radius 3 is 2.41 bits per heavy atom. The van der Waals surface area contributed by atoms with Gasteiger partial charge in [0.15, 0.2) is 0 Å². The van der Waals surface area contributed by atoms with Crippen molar-refractivity contribution in [3.05, 3.63) is 90.0 Å². The second kappa shape index (κ2) is 6.67. The van der Waals surface area contributed by atoms with E-state index in [0.29, 0.717) is 12.6 Å². The van der Waals surface area contributed by atoms with Gasteiger partial charge in [-0.2, -0.15) is 0 Å². The molecule has 0 bridgehead atoms. The molecule has 1 fully saturated rings. The third kappa shape index (κ3) is 2.94. The Morgan fingerprint density at radius 1 is 0.852 bits per heavy atom. The fourth-order valence-electron chi connectivity index (χ4n) is 4.43. The van der Waals surface area contributed by atoms with Crippen molar-refractivity contribution in [2.24, 2.45) is 0 Å². The smallest absolute Gasteiger partial charge is 0.271 e. The second-order valence-electron chi connectivity index (χ2n) is 7.40. The van der Waals surface area contributed by atoms with E-state index in [4.69, 9.17) is 0 Å². The van der Waals surface area contributed by atoms with Crippen LogP contribution in [0.1, 0.15) is 27.7 Å². The standard InChI is InChI=1S/C22H22N4O/c27-22-19-7-4-12-25(19)20-15-24(13-18-8-10-23-11-9-18)16-21(20)26(22)14-17-5-2-1-3-6-17/h1-12,20-21H,13-16H2/t20-,21-/m1/s1. The summed E-state index contributed by atoms with van der Waals surface area (Å²) in [5.74, 6) is 0.135. The summed E-state index contributed by atoms with van der Waals surface area (Å²) in [6.45, 7) is 3.39. The van der Waals surface area contributed by atoms with Gasteiger partial charge in [0, 0.05) is 44.8 Å². The molecule has 2 atom stereocenters. The Balaban J connectivity index is 1.44. The van der Waals surface area contributed by atoms with E-state index in [1.807, 2.05) is 42.7 Å². The number of amides is 1. The van der Waals surface area contributed by atoms with Gasteiger partial charge in [-0.25, -0.2) is 0 Å². The van der Waals surface area contributed by atoms with E-state index in [9.17, 15) is 4.79 Å². The van der Waals surface area contributed by atoms with Crippen LogP contribution in [0.2, 0.25) is 0 Å². The summed E-state index contributed by atoms with van der Waals surface area (Å²) < 4.78 is 2.18. The molecule has 1 aromatic carbocycles. The van der Waals surface area contributed by atoms with Crippen LogP contribution in [0, 0.1) is 0 Å². The number of rotatable bonds is 4. The van der Waals surface area contributed by atoms with Crippen molar-refractivity contribution in [1.29, 1.82) is 0 Å². The molecule has 5 heteroatoms. The molecule has 0 aliphatic carbocycles. The van der Waals surface area contributed by atoms with Crippen molar-refractivity contribution in [2.45, 2.75) is 25.2 Å². The average Bonchev–Trinajstić information content (AvgIpc) is 3.34. The predicted molar refractivity (Wildman–Crippen MR) is 103 cm³/mol. The van der Waals surface area contributed by atoms with E-state index < -0.39 is 0 Å². The minimum absolute atomic E-state index is 0.135. The molecular formula is C22H22N4O. The summed E-state index contributed by atoms with van der Waals surface area (Å²) in [4.78, 5) is 21.8. The maximum atomic E-state index is 13.2. The van der Waals surface area contributed by atoms with Gasteiger partial charge < -0.3 is 9.47 Å². The van der Waals surface area contributed by atoms with Crippen molar-refractivity contribution in [3.63, 3.8) is 0 Å². The topological polar surface area (TPSA) is 41.4 Å². The number of likely N-dealkylation sites (tertiary alicyclic amines) is 1. The number of aromatic nitrogens is 2. The Kier molecular flexibility index (Phi) is 4.02. The summed E-state index contributed by atoms with van der Waals surface area (Å²) in [7, 11) is 0. The lowest BCUT2D eigenvalue weighted by Crippen LogP contribution is -2.49. The monoisotopic (exact) mass is 358 g/mol. The van der Waals surface area contributed by atoms with Crippen LogP contribution in [-0.4, -0.2) is 44.4 Å². The van der Waals surface area contributed by atoms with Crippen molar-refractivity contribution in [2.75, 3.05) is 13.1 Å². The van der Waals surface area contributed by atoms with Crippen LogP contribution in [0.15, 0.2) is 73.2 Å². The molecule has 2 aliphatic rings. The molecule has 136 valence electrons. The van der Waals surface area contributed by atoms with Crippen molar-refractivity contribution >= 4 is 5.91 Å². The number of benzene rings is 1. The quantitative estimate of drug-likeness (QED) is 0.720. The maximum Gasteiger partial charge on any atom is 0.271 e. The van der Waals surface area contributed by atoms with Crippen LogP contribution in [0.3, 0.4) is 0 Å². The lowest BCUT2D eigenvalue weighted by molar-refractivity contribution is 0.0556. The molecular weight excluding hydrogens is 336 g/mol. The molecule has 4 heterocycles. The molecule has 5 rings (SSSR count). The Bertz CT molecular complexity index is 937. The van der Waals surface area contributed by atoms with E-state index in [2.05, 4.69) is 49.8 Å². The minimum Gasteiger partial charge on any atom is -0.337 e. The third-order valence-corrected chi connectivity index (χ3v) is 5.70. The molecule has 5 nitrogen and oxygen atoms in total. The fraction of sp³-hybridized carbons (Fsp3) is 0.273. The van der Waals surface area contributed by atoms with Gasteiger partial charge in [-0.1, -0.05) is 30.3 Å². The number of carbonyl (C=O) groups is 1. The first-order chi connectivity index (χ1) is 13.3. The summed E-state index contributed by atoms with van der Waals surface area (Å²) in [6.07, 6.45) is 5.74. The fourth-order valence-corrected chi connectivity index (χ4v) is 4.43. The van der Waals surface area contributed by atoms with E-state index in [1.54, 1.807) is 0 Å². The highest BCUT2D eigenvalue weighted by atomic mass is 16.2. The number of hydrogen-bond acceptors (Lipinski definition) is 3. The van der Waals surface area contributed by atoms with Crippen LogP contribution in [0.4, 0.5) is 0 Å². The molecule has 0 radical (unpaired) electrons. The van der Waals surface area contributed by atoms with Gasteiger partial charge in [-0.15, -0.1) is 0 Å². The highest BCUT2D eigenvalue weighted by molar-refractivity contribution is 5.94. The van der Waals surface area contributed by atoms with E-state index in [0.717, 1.165) is 25.3 Å². The van der Waals surface area contributed by atoms with Gasteiger partial charge in [0.1, 0.15) is 5.69 Å². The van der Waals surface area contributed by atoms with Crippen molar-refractivity contribution in [1.82, 2.24) is 19.4 Å². The molecule has 1 saturated heterocycles. The Hall–Kier alpha value is -2.92. The van der Waals surface area contributed by atoms with Crippen molar-refractivity contribution in [3.8, 4) is 0 Å². The van der Waals surface area contributed by atoms with Crippen LogP contribution in [0.5, 0.6) is 0 Å². The van der Waals surface area contributed by atoms with Gasteiger partial charge >= 0.3 is 0 Å². The first-order valence-corrected chi connectivity index (χ1v) is 9.42. The van der Waals surface area contributed by atoms with Crippen molar-refractivity contribution < 1.29 is 4.79 Å². The number of pyridine rings is 1. The van der Waals surface area contributed by atoms with Gasteiger partial charge in [0.25, 0.3) is 5.91 Å². The van der Waals surface area contributed by atoms with E-state index in [-0.39, 0.29) is 11.9 Å². The molecule has 0 unspecified atom stereocenters. The number of carbonyl (C=O) groups excluding carboxylic acids is 1. The zero-order chi connectivity index (χ0) is 18.2. The van der Waals surface area contributed by atoms with Gasteiger partial charge in [0.2, 0.25) is 0 Å². The summed E-state index contributed by atoms with van der Waals surface area (Å²) >= 11 is 0. The highest BCUT2D eigenvalue weighted by Crippen LogP contribution is 2.35. The second-order valence-corrected chi connectivity index (χ2v) is 7.40. The number of hydrogen-bond donors (Lipinski definition) is 0. The minimum atomic E-state index is 0.135. The molecule has 2 aromatic heterocycles. The highest BCUT2D eigenvalue weighted by Gasteiger charge is 2.44. The van der Waals surface area contributed by atoms with E-state index in [1.165, 1.54) is 11.1 Å². The average molecular weight is 358 g/mol. The third-order valence-electron chi connectivity index (χ3n) is 5.70. The van der Waals surface area contributed by atoms with Gasteiger partial charge in [0.05, 0.1) is 12.1 Å². The Morgan fingerprint density at radius 2 is 1.59 bits per heavy atom. The summed E-state index contributed by atoms with van der Waals surface area (Å²) in [5, 5.41) is 0. The molecule has 1 amide bonds. The van der Waals surface area contributed by atoms with E-state index >= 15 is 0 Å². The van der Waals surface area contributed by atoms with Crippen LogP contribution in [-0.2, 0) is 13.1 Å². The normalized spacial score (nSPS) is 21.9. The van der Waals surface area contributed by atoms with Gasteiger partial charge in [-0.3, -0.25) is 14.7 Å². The molecule has 3 aromatic rings. The summed E-state index contributed by atoms with van der Waals surface area (Å²) in [6, 6.07) is 18.8. The number of fused-ring (bicyclic) bond motifs is 3. The zero-order valence-corrected chi connectivity index (χ0v) is 15.1. The SMILES string of the molecule is O=C1c2cccn2[C@@H]2CN(Cc3ccncc3)C[C@H]2N1Cc1ccccc1. The van der Waals surface area contributed by atoms with Crippen LogP contribution < -0.4 is 0 Å². The number of nitrogens with zero attached hydrogens (tertiary/aromatic N) is 4. The molecule has 0 N–H and O–H groups in total. The lowest BCUT2D eigenvalue weighted by Gasteiger charge is -2.38. The van der Waals surface area contributed by atoms with Crippen LogP contribution >= 0.6 is 0 Å². The molecule has 27 heavy (non-hydrogen) atoms. The molecule has 0 spiro atoms. The largest absolute Gasteiger partial charge is 0.337 e. The van der Waals surface area contributed by atoms with Crippen LogP contribution in [0.25, 0.3) is 0 Å². The maximum absolute atomic E-state index is 13.2. The van der Waals surface area contributed by atoms with Gasteiger partial charge in [-0.05, 0) is 35.4 Å². The Labute approximate surface area is 158 Å².